The molecule has 112 valence electrons. The van der Waals surface area contributed by atoms with Gasteiger partial charge in [-0.1, -0.05) is 12.8 Å². The fraction of sp³-hybridized carbons (Fsp3) is 0.471. The van der Waals surface area contributed by atoms with E-state index < -0.39 is 0 Å². The Bertz CT molecular complexity index is 652. The molecule has 1 fully saturated rings. The topological polar surface area (TPSA) is 45.3 Å². The lowest BCUT2D eigenvalue weighted by molar-refractivity contribution is 0.0756. The minimum Gasteiger partial charge on any atom is -0.497 e. The Labute approximate surface area is 125 Å². The average Bonchev–Trinajstić information content (AvgIpc) is 2.71. The largest absolute Gasteiger partial charge is 0.497 e. The van der Waals surface area contributed by atoms with Crippen LogP contribution in [0, 0.1) is 6.92 Å². The van der Waals surface area contributed by atoms with E-state index in [0.29, 0.717) is 0 Å². The number of carbonyl (C=O) groups is 1. The molecule has 2 heterocycles. The van der Waals surface area contributed by atoms with Crippen LogP contribution in [0.25, 0.3) is 10.9 Å². The molecule has 21 heavy (non-hydrogen) atoms. The van der Waals surface area contributed by atoms with Gasteiger partial charge < -0.3 is 14.6 Å². The first-order valence-corrected chi connectivity index (χ1v) is 7.66. The number of nitrogens with zero attached hydrogens (tertiary/aromatic N) is 1. The number of ether oxygens (including phenoxy) is 1. The van der Waals surface area contributed by atoms with Crippen molar-refractivity contribution in [3.05, 3.63) is 29.5 Å². The number of benzene rings is 1. The van der Waals surface area contributed by atoms with Crippen molar-refractivity contribution in [3.63, 3.8) is 0 Å². The third-order valence-electron chi connectivity index (χ3n) is 4.37. The van der Waals surface area contributed by atoms with Crippen LogP contribution in [0.1, 0.15) is 41.7 Å². The van der Waals surface area contributed by atoms with Gasteiger partial charge in [0.05, 0.1) is 7.11 Å². The van der Waals surface area contributed by atoms with E-state index in [2.05, 4.69) is 4.98 Å². The number of aromatic amines is 1. The zero-order valence-electron chi connectivity index (χ0n) is 12.7. The number of methoxy groups -OCH3 is 1. The summed E-state index contributed by atoms with van der Waals surface area (Å²) in [4.78, 5) is 18.0. The van der Waals surface area contributed by atoms with Gasteiger partial charge in [0.15, 0.2) is 0 Å². The van der Waals surface area contributed by atoms with Crippen LogP contribution < -0.4 is 4.74 Å². The first-order valence-electron chi connectivity index (χ1n) is 7.66. The van der Waals surface area contributed by atoms with Gasteiger partial charge in [0.2, 0.25) is 0 Å². The van der Waals surface area contributed by atoms with Gasteiger partial charge in [0.25, 0.3) is 5.91 Å². The van der Waals surface area contributed by atoms with Gasteiger partial charge in [0.1, 0.15) is 11.4 Å². The van der Waals surface area contributed by atoms with Gasteiger partial charge in [-0.3, -0.25) is 4.79 Å². The van der Waals surface area contributed by atoms with E-state index in [-0.39, 0.29) is 5.91 Å². The average molecular weight is 286 g/mol. The van der Waals surface area contributed by atoms with Gasteiger partial charge in [-0.25, -0.2) is 0 Å². The summed E-state index contributed by atoms with van der Waals surface area (Å²) < 4.78 is 5.27. The molecule has 3 rings (SSSR count). The highest BCUT2D eigenvalue weighted by molar-refractivity contribution is 6.01. The fourth-order valence-corrected chi connectivity index (χ4v) is 3.08. The highest BCUT2D eigenvalue weighted by Gasteiger charge is 2.21. The van der Waals surface area contributed by atoms with Crippen LogP contribution in [0.4, 0.5) is 0 Å². The second-order valence-electron chi connectivity index (χ2n) is 5.74. The predicted molar refractivity (Wildman–Crippen MR) is 84.0 cm³/mol. The highest BCUT2D eigenvalue weighted by atomic mass is 16.5. The van der Waals surface area contributed by atoms with Crippen LogP contribution in [0.3, 0.4) is 0 Å². The molecule has 0 atom stereocenters. The van der Waals surface area contributed by atoms with E-state index in [4.69, 9.17) is 4.74 Å². The van der Waals surface area contributed by atoms with Crippen LogP contribution in [-0.4, -0.2) is 36.0 Å². The van der Waals surface area contributed by atoms with Gasteiger partial charge in [-0.05, 0) is 43.5 Å². The number of fused-ring (bicyclic) bond motifs is 1. The maximum Gasteiger partial charge on any atom is 0.270 e. The monoisotopic (exact) mass is 286 g/mol. The second-order valence-corrected chi connectivity index (χ2v) is 5.74. The van der Waals surface area contributed by atoms with Crippen LogP contribution in [0.2, 0.25) is 0 Å². The van der Waals surface area contributed by atoms with E-state index in [1.807, 2.05) is 30.0 Å². The lowest BCUT2D eigenvalue weighted by atomic mass is 10.1. The van der Waals surface area contributed by atoms with Crippen LogP contribution >= 0.6 is 0 Å². The van der Waals surface area contributed by atoms with Crippen molar-refractivity contribution in [1.29, 1.82) is 0 Å². The molecule has 4 nitrogen and oxygen atoms in total. The molecule has 1 aromatic carbocycles. The summed E-state index contributed by atoms with van der Waals surface area (Å²) in [6.07, 6.45) is 4.68. The minimum absolute atomic E-state index is 0.129. The number of H-pyrrole nitrogens is 1. The molecule has 0 aliphatic carbocycles. The van der Waals surface area contributed by atoms with Crippen molar-refractivity contribution in [2.45, 2.75) is 32.6 Å². The number of likely N-dealkylation sites (tertiary alicyclic amines) is 1. The van der Waals surface area contributed by atoms with E-state index >= 15 is 0 Å². The fourth-order valence-electron chi connectivity index (χ4n) is 3.08. The lowest BCUT2D eigenvalue weighted by Gasteiger charge is -2.19. The standard InChI is InChI=1S/C17H22N2O2/c1-12-14-11-13(21-2)7-8-15(14)18-16(12)17(20)19-9-5-3-4-6-10-19/h7-8,11,18H,3-6,9-10H2,1-2H3. The summed E-state index contributed by atoms with van der Waals surface area (Å²) >= 11 is 0. The molecule has 4 heteroatoms. The molecule has 1 N–H and O–H groups in total. The zero-order chi connectivity index (χ0) is 14.8. The number of carbonyl (C=O) groups excluding carboxylic acids is 1. The number of aryl methyl sites for hydroxylation is 1. The molecule has 0 bridgehead atoms. The number of aromatic nitrogens is 1. The van der Waals surface area contributed by atoms with Crippen molar-refractivity contribution in [2.24, 2.45) is 0 Å². The Kier molecular flexibility index (Phi) is 3.86. The van der Waals surface area contributed by atoms with E-state index in [0.717, 1.165) is 53.8 Å². The number of rotatable bonds is 2. The zero-order valence-corrected chi connectivity index (χ0v) is 12.7. The van der Waals surface area contributed by atoms with Crippen LogP contribution in [0.15, 0.2) is 18.2 Å². The van der Waals surface area contributed by atoms with E-state index in [9.17, 15) is 4.79 Å². The van der Waals surface area contributed by atoms with Crippen LogP contribution in [-0.2, 0) is 0 Å². The Morgan fingerprint density at radius 2 is 1.90 bits per heavy atom. The molecule has 0 saturated carbocycles. The Morgan fingerprint density at radius 1 is 1.19 bits per heavy atom. The summed E-state index contributed by atoms with van der Waals surface area (Å²) in [5, 5.41) is 1.06. The van der Waals surface area contributed by atoms with Crippen molar-refractivity contribution in [1.82, 2.24) is 9.88 Å². The van der Waals surface area contributed by atoms with Gasteiger partial charge >= 0.3 is 0 Å². The van der Waals surface area contributed by atoms with Crippen molar-refractivity contribution >= 4 is 16.8 Å². The normalized spacial score (nSPS) is 16.0. The summed E-state index contributed by atoms with van der Waals surface area (Å²) in [5.74, 6) is 0.947. The second kappa shape index (κ2) is 5.80. The molecule has 1 aliphatic heterocycles. The maximum absolute atomic E-state index is 12.8. The number of hydrogen-bond acceptors (Lipinski definition) is 2. The first-order chi connectivity index (χ1) is 10.2. The summed E-state index contributed by atoms with van der Waals surface area (Å²) in [7, 11) is 1.66. The van der Waals surface area contributed by atoms with E-state index in [1.54, 1.807) is 7.11 Å². The molecule has 0 radical (unpaired) electrons. The lowest BCUT2D eigenvalue weighted by Crippen LogP contribution is -2.32. The summed E-state index contributed by atoms with van der Waals surface area (Å²) in [6, 6.07) is 5.87. The molecule has 1 saturated heterocycles. The van der Waals surface area contributed by atoms with Crippen molar-refractivity contribution in [2.75, 3.05) is 20.2 Å². The Balaban J connectivity index is 1.95. The minimum atomic E-state index is 0.129. The maximum atomic E-state index is 12.8. The van der Waals surface area contributed by atoms with Gasteiger partial charge in [0, 0.05) is 24.0 Å². The van der Waals surface area contributed by atoms with Gasteiger partial charge in [-0.2, -0.15) is 0 Å². The molecule has 0 spiro atoms. The molecule has 0 unspecified atom stereocenters. The molecule has 2 aromatic rings. The van der Waals surface area contributed by atoms with Gasteiger partial charge in [-0.15, -0.1) is 0 Å². The molecule has 1 aromatic heterocycles. The molecular weight excluding hydrogens is 264 g/mol. The Hall–Kier alpha value is -1.97. The number of amides is 1. The molecule has 1 amide bonds. The smallest absolute Gasteiger partial charge is 0.270 e. The summed E-state index contributed by atoms with van der Waals surface area (Å²) in [5.41, 5.74) is 2.73. The van der Waals surface area contributed by atoms with Crippen molar-refractivity contribution < 1.29 is 9.53 Å². The number of nitrogens with one attached hydrogen (secondary N) is 1. The van der Waals surface area contributed by atoms with Crippen LogP contribution in [0.5, 0.6) is 5.75 Å². The van der Waals surface area contributed by atoms with Crippen molar-refractivity contribution in [3.8, 4) is 5.75 Å². The molecular formula is C17H22N2O2. The Morgan fingerprint density at radius 3 is 2.57 bits per heavy atom. The number of hydrogen-bond donors (Lipinski definition) is 1. The summed E-state index contributed by atoms with van der Waals surface area (Å²) in [6.45, 7) is 3.75. The first kappa shape index (κ1) is 14.0. The quantitative estimate of drug-likeness (QED) is 0.918. The SMILES string of the molecule is COc1ccc2[nH]c(C(=O)N3CCCCCC3)c(C)c2c1. The third-order valence-corrected chi connectivity index (χ3v) is 4.37. The molecule has 1 aliphatic rings. The predicted octanol–water partition coefficient (Wildman–Crippen LogP) is 3.50. The van der Waals surface area contributed by atoms with E-state index in [1.165, 1.54) is 12.8 Å². The highest BCUT2D eigenvalue weighted by Crippen LogP contribution is 2.27. The third kappa shape index (κ3) is 2.62.